The van der Waals surface area contributed by atoms with Crippen LogP contribution in [0.25, 0.3) is 0 Å². The Labute approximate surface area is 162 Å². The van der Waals surface area contributed by atoms with Crippen molar-refractivity contribution >= 4 is 35.1 Å². The summed E-state index contributed by atoms with van der Waals surface area (Å²) in [6, 6.07) is 13.7. The van der Waals surface area contributed by atoms with Crippen LogP contribution in [0.15, 0.2) is 48.5 Å². The zero-order chi connectivity index (χ0) is 19.6. The van der Waals surface area contributed by atoms with Gasteiger partial charge in [-0.2, -0.15) is 0 Å². The number of halogens is 1. The molecule has 2 aromatic carbocycles. The highest BCUT2D eigenvalue weighted by Gasteiger charge is 2.10. The van der Waals surface area contributed by atoms with E-state index in [4.69, 9.17) is 16.3 Å². The summed E-state index contributed by atoms with van der Waals surface area (Å²) in [5.41, 5.74) is 1.90. The van der Waals surface area contributed by atoms with E-state index in [2.05, 4.69) is 10.6 Å². The van der Waals surface area contributed by atoms with Crippen LogP contribution in [-0.4, -0.2) is 30.9 Å². The lowest BCUT2D eigenvalue weighted by Crippen LogP contribution is -2.29. The van der Waals surface area contributed by atoms with Gasteiger partial charge < -0.3 is 15.4 Å². The quantitative estimate of drug-likeness (QED) is 0.537. The van der Waals surface area contributed by atoms with Crippen molar-refractivity contribution in [2.45, 2.75) is 19.8 Å². The molecule has 0 aliphatic heterocycles. The Morgan fingerprint density at radius 3 is 2.44 bits per heavy atom. The van der Waals surface area contributed by atoms with Crippen molar-refractivity contribution in [3.8, 4) is 0 Å². The predicted octanol–water partition coefficient (Wildman–Crippen LogP) is 3.20. The maximum atomic E-state index is 11.9. The third kappa shape index (κ3) is 7.11. The molecule has 2 aromatic rings. The molecule has 0 saturated heterocycles. The van der Waals surface area contributed by atoms with Gasteiger partial charge in [0.1, 0.15) is 6.42 Å². The first-order valence-electron chi connectivity index (χ1n) is 8.56. The number of benzene rings is 2. The number of amides is 2. The number of carbonyl (C=O) groups excluding carboxylic acids is 3. The molecule has 6 nitrogen and oxygen atoms in total. The van der Waals surface area contributed by atoms with Crippen molar-refractivity contribution in [3.05, 3.63) is 64.7 Å². The second kappa shape index (κ2) is 10.3. The Kier molecular flexibility index (Phi) is 7.82. The highest BCUT2D eigenvalue weighted by atomic mass is 35.5. The fourth-order valence-electron chi connectivity index (χ4n) is 2.36. The number of hydrogen-bond donors (Lipinski definition) is 2. The number of carbonyl (C=O) groups is 3. The normalized spacial score (nSPS) is 10.1. The standard InChI is InChI=1S/C20H21ClN2O4/c1-2-27-20(26)15-6-8-17(9-7-15)23-19(25)13-18(24)22-11-10-14-4-3-5-16(21)12-14/h3-9,12H,2,10-11,13H2,1H3,(H,22,24)(H,23,25). The molecule has 0 aliphatic carbocycles. The minimum Gasteiger partial charge on any atom is -0.462 e. The van der Waals surface area contributed by atoms with Gasteiger partial charge in [0.05, 0.1) is 12.2 Å². The molecule has 0 bridgehead atoms. The fraction of sp³-hybridized carbons (Fsp3) is 0.250. The first-order chi connectivity index (χ1) is 13.0. The summed E-state index contributed by atoms with van der Waals surface area (Å²) in [4.78, 5) is 35.4. The van der Waals surface area contributed by atoms with E-state index in [1.54, 1.807) is 37.3 Å². The van der Waals surface area contributed by atoms with Gasteiger partial charge in [0.2, 0.25) is 11.8 Å². The first kappa shape index (κ1) is 20.5. The lowest BCUT2D eigenvalue weighted by Gasteiger charge is -2.08. The molecule has 0 unspecified atom stereocenters. The van der Waals surface area contributed by atoms with Gasteiger partial charge in [0.15, 0.2) is 0 Å². The number of esters is 1. The van der Waals surface area contributed by atoms with E-state index >= 15 is 0 Å². The molecule has 2 rings (SSSR count). The van der Waals surface area contributed by atoms with Gasteiger partial charge in [-0.15, -0.1) is 0 Å². The van der Waals surface area contributed by atoms with Gasteiger partial charge >= 0.3 is 5.97 Å². The van der Waals surface area contributed by atoms with Crippen LogP contribution in [-0.2, 0) is 20.7 Å². The summed E-state index contributed by atoms with van der Waals surface area (Å²) in [5, 5.41) is 5.96. The van der Waals surface area contributed by atoms with Gasteiger partial charge in [-0.25, -0.2) is 4.79 Å². The number of hydrogen-bond acceptors (Lipinski definition) is 4. The lowest BCUT2D eigenvalue weighted by molar-refractivity contribution is -0.126. The van der Waals surface area contributed by atoms with Crippen LogP contribution in [0.3, 0.4) is 0 Å². The summed E-state index contributed by atoms with van der Waals surface area (Å²) in [5.74, 6) is -1.22. The molecule has 0 atom stereocenters. The molecule has 142 valence electrons. The lowest BCUT2D eigenvalue weighted by atomic mass is 10.1. The maximum Gasteiger partial charge on any atom is 0.338 e. The SMILES string of the molecule is CCOC(=O)c1ccc(NC(=O)CC(=O)NCCc2cccc(Cl)c2)cc1. The molecule has 0 radical (unpaired) electrons. The second-order valence-corrected chi connectivity index (χ2v) is 6.19. The molecule has 0 saturated carbocycles. The first-order valence-corrected chi connectivity index (χ1v) is 8.94. The molecule has 0 fully saturated rings. The van der Waals surface area contributed by atoms with Crippen molar-refractivity contribution < 1.29 is 19.1 Å². The van der Waals surface area contributed by atoms with E-state index in [1.807, 2.05) is 18.2 Å². The van der Waals surface area contributed by atoms with E-state index in [1.165, 1.54) is 0 Å². The number of ether oxygens (including phenoxy) is 1. The van der Waals surface area contributed by atoms with Crippen LogP contribution in [0.5, 0.6) is 0 Å². The molecule has 0 spiro atoms. The highest BCUT2D eigenvalue weighted by Crippen LogP contribution is 2.12. The Morgan fingerprint density at radius 1 is 1.04 bits per heavy atom. The summed E-state index contributed by atoms with van der Waals surface area (Å²) >= 11 is 5.91. The van der Waals surface area contributed by atoms with E-state index in [0.29, 0.717) is 35.8 Å². The summed E-state index contributed by atoms with van der Waals surface area (Å²) in [6.07, 6.45) is 0.346. The van der Waals surface area contributed by atoms with Crippen LogP contribution in [0.4, 0.5) is 5.69 Å². The smallest absolute Gasteiger partial charge is 0.338 e. The van der Waals surface area contributed by atoms with Crippen molar-refractivity contribution in [1.82, 2.24) is 5.32 Å². The molecular weight excluding hydrogens is 368 g/mol. The molecule has 0 aliphatic rings. The zero-order valence-electron chi connectivity index (χ0n) is 15.0. The minimum atomic E-state index is -0.431. The Balaban J connectivity index is 1.74. The summed E-state index contributed by atoms with van der Waals surface area (Å²) < 4.78 is 4.89. The average molecular weight is 389 g/mol. The van der Waals surface area contributed by atoms with Crippen LogP contribution in [0, 0.1) is 0 Å². The zero-order valence-corrected chi connectivity index (χ0v) is 15.7. The number of rotatable bonds is 8. The average Bonchev–Trinajstić information content (AvgIpc) is 2.62. The molecular formula is C20H21ClN2O4. The summed E-state index contributed by atoms with van der Waals surface area (Å²) in [7, 11) is 0. The largest absolute Gasteiger partial charge is 0.462 e. The molecule has 2 N–H and O–H groups in total. The van der Waals surface area contributed by atoms with E-state index < -0.39 is 11.9 Å². The Bertz CT molecular complexity index is 806. The van der Waals surface area contributed by atoms with Crippen molar-refractivity contribution in [3.63, 3.8) is 0 Å². The van der Waals surface area contributed by atoms with Gasteiger partial charge in [-0.05, 0) is 55.3 Å². The van der Waals surface area contributed by atoms with Gasteiger partial charge in [0, 0.05) is 17.3 Å². The second-order valence-electron chi connectivity index (χ2n) is 5.75. The molecule has 7 heteroatoms. The predicted molar refractivity (Wildman–Crippen MR) is 104 cm³/mol. The van der Waals surface area contributed by atoms with Gasteiger partial charge in [-0.3, -0.25) is 9.59 Å². The van der Waals surface area contributed by atoms with Gasteiger partial charge in [0.25, 0.3) is 0 Å². The molecule has 0 aromatic heterocycles. The van der Waals surface area contributed by atoms with Gasteiger partial charge in [-0.1, -0.05) is 23.7 Å². The molecule has 27 heavy (non-hydrogen) atoms. The van der Waals surface area contributed by atoms with E-state index in [-0.39, 0.29) is 12.3 Å². The minimum absolute atomic E-state index is 0.283. The van der Waals surface area contributed by atoms with Crippen LogP contribution in [0.2, 0.25) is 5.02 Å². The highest BCUT2D eigenvalue weighted by molar-refractivity contribution is 6.30. The van der Waals surface area contributed by atoms with E-state index in [0.717, 1.165) is 5.56 Å². The van der Waals surface area contributed by atoms with Crippen molar-refractivity contribution in [1.29, 1.82) is 0 Å². The third-order valence-electron chi connectivity index (χ3n) is 3.63. The Morgan fingerprint density at radius 2 is 1.78 bits per heavy atom. The third-order valence-corrected chi connectivity index (χ3v) is 3.86. The molecule has 0 heterocycles. The van der Waals surface area contributed by atoms with Crippen LogP contribution < -0.4 is 10.6 Å². The maximum absolute atomic E-state index is 11.9. The fourth-order valence-corrected chi connectivity index (χ4v) is 2.57. The Hall–Kier alpha value is -2.86. The topological polar surface area (TPSA) is 84.5 Å². The number of nitrogens with one attached hydrogen (secondary N) is 2. The van der Waals surface area contributed by atoms with E-state index in [9.17, 15) is 14.4 Å². The number of anilines is 1. The summed E-state index contributed by atoms with van der Waals surface area (Å²) in [6.45, 7) is 2.44. The molecule has 2 amide bonds. The monoisotopic (exact) mass is 388 g/mol. The van der Waals surface area contributed by atoms with Crippen molar-refractivity contribution in [2.75, 3.05) is 18.5 Å². The van der Waals surface area contributed by atoms with Crippen LogP contribution in [0.1, 0.15) is 29.3 Å². The van der Waals surface area contributed by atoms with Crippen molar-refractivity contribution in [2.24, 2.45) is 0 Å². The van der Waals surface area contributed by atoms with Crippen LogP contribution >= 0.6 is 11.6 Å².